The van der Waals surface area contributed by atoms with Crippen LogP contribution in [0.5, 0.6) is 0 Å². The van der Waals surface area contributed by atoms with Crippen LogP contribution in [0.25, 0.3) is 0 Å². The molecule has 1 saturated carbocycles. The van der Waals surface area contributed by atoms with Crippen LogP contribution < -0.4 is 0 Å². The molecule has 1 aromatic rings. The van der Waals surface area contributed by atoms with E-state index in [1.807, 2.05) is 0 Å². The number of rotatable bonds is 1. The van der Waals surface area contributed by atoms with E-state index in [0.29, 0.717) is 0 Å². The van der Waals surface area contributed by atoms with Crippen LogP contribution >= 0.6 is 11.6 Å². The SMILES string of the molecule is ClC1(c2ncccn2)CC1. The standard InChI is InChI=1S/C7H7ClN2/c8-7(2-3-7)6-9-4-1-5-10-6/h1,4-5H,2-3H2. The first-order valence-corrected chi connectivity index (χ1v) is 3.65. The van der Waals surface area contributed by atoms with Gasteiger partial charge in [-0.15, -0.1) is 11.6 Å². The van der Waals surface area contributed by atoms with Gasteiger partial charge in [-0.25, -0.2) is 9.97 Å². The first-order valence-electron chi connectivity index (χ1n) is 3.28. The van der Waals surface area contributed by atoms with E-state index in [-0.39, 0.29) is 4.87 Å². The Morgan fingerprint density at radius 3 is 2.40 bits per heavy atom. The smallest absolute Gasteiger partial charge is 0.149 e. The molecule has 0 saturated heterocycles. The minimum atomic E-state index is -0.207. The molecule has 0 radical (unpaired) electrons. The van der Waals surface area contributed by atoms with E-state index in [9.17, 15) is 0 Å². The van der Waals surface area contributed by atoms with Crippen LogP contribution in [0.3, 0.4) is 0 Å². The highest BCUT2D eigenvalue weighted by atomic mass is 35.5. The Labute approximate surface area is 64.3 Å². The van der Waals surface area contributed by atoms with Crippen molar-refractivity contribution in [2.45, 2.75) is 17.7 Å². The van der Waals surface area contributed by atoms with Crippen LogP contribution in [-0.2, 0) is 4.87 Å². The molecule has 0 atom stereocenters. The quantitative estimate of drug-likeness (QED) is 0.576. The zero-order valence-electron chi connectivity index (χ0n) is 5.42. The second kappa shape index (κ2) is 1.92. The third-order valence-corrected chi connectivity index (χ3v) is 2.20. The summed E-state index contributed by atoms with van der Waals surface area (Å²) in [4.78, 5) is 7.93. The molecule has 0 aliphatic heterocycles. The van der Waals surface area contributed by atoms with Gasteiger partial charge in [-0.3, -0.25) is 0 Å². The third kappa shape index (κ3) is 0.886. The van der Waals surface area contributed by atoms with Crippen LogP contribution in [-0.4, -0.2) is 9.97 Å². The molecule has 2 nitrogen and oxygen atoms in total. The van der Waals surface area contributed by atoms with Crippen LogP contribution in [0.4, 0.5) is 0 Å². The summed E-state index contributed by atoms with van der Waals surface area (Å²) in [6.45, 7) is 0. The molecule has 1 fully saturated rings. The topological polar surface area (TPSA) is 25.8 Å². The molecule has 52 valence electrons. The minimum absolute atomic E-state index is 0.207. The van der Waals surface area contributed by atoms with Gasteiger partial charge in [0.25, 0.3) is 0 Å². The van der Waals surface area contributed by atoms with Crippen molar-refractivity contribution in [3.63, 3.8) is 0 Å². The second-order valence-corrected chi connectivity index (χ2v) is 3.26. The monoisotopic (exact) mass is 154 g/mol. The fraction of sp³-hybridized carbons (Fsp3) is 0.429. The van der Waals surface area contributed by atoms with E-state index in [2.05, 4.69) is 9.97 Å². The molecule has 1 aliphatic rings. The summed E-state index contributed by atoms with van der Waals surface area (Å²) in [5.74, 6) is 0.775. The average Bonchev–Trinajstić information content (AvgIpc) is 2.72. The normalized spacial score (nSPS) is 20.5. The van der Waals surface area contributed by atoms with E-state index in [0.717, 1.165) is 18.7 Å². The molecule has 2 rings (SSSR count). The second-order valence-electron chi connectivity index (χ2n) is 2.54. The molecule has 0 unspecified atom stereocenters. The van der Waals surface area contributed by atoms with Gasteiger partial charge in [0, 0.05) is 12.4 Å². The van der Waals surface area contributed by atoms with Crippen molar-refractivity contribution < 1.29 is 0 Å². The highest BCUT2D eigenvalue weighted by molar-refractivity contribution is 6.25. The van der Waals surface area contributed by atoms with Gasteiger partial charge in [-0.05, 0) is 18.9 Å². The summed E-state index contributed by atoms with van der Waals surface area (Å²) >= 11 is 6.04. The van der Waals surface area contributed by atoms with Gasteiger partial charge in [0.2, 0.25) is 0 Å². The molecule has 3 heteroatoms. The average molecular weight is 155 g/mol. The van der Waals surface area contributed by atoms with E-state index in [1.165, 1.54) is 0 Å². The van der Waals surface area contributed by atoms with Gasteiger partial charge < -0.3 is 0 Å². The number of aromatic nitrogens is 2. The number of hydrogen-bond acceptors (Lipinski definition) is 2. The van der Waals surface area contributed by atoms with Gasteiger partial charge in [0.15, 0.2) is 0 Å². The fourth-order valence-electron chi connectivity index (χ4n) is 0.864. The Balaban J connectivity index is 2.35. The number of halogens is 1. The first-order chi connectivity index (χ1) is 4.81. The Hall–Kier alpha value is -0.630. The Kier molecular flexibility index (Phi) is 1.17. The third-order valence-electron chi connectivity index (χ3n) is 1.66. The lowest BCUT2D eigenvalue weighted by Gasteiger charge is -2.00. The van der Waals surface area contributed by atoms with Crippen molar-refractivity contribution in [1.82, 2.24) is 9.97 Å². The highest BCUT2D eigenvalue weighted by Gasteiger charge is 2.44. The molecule has 1 heterocycles. The van der Waals surface area contributed by atoms with Crippen LogP contribution in [0, 0.1) is 0 Å². The van der Waals surface area contributed by atoms with Gasteiger partial charge in [0.05, 0.1) is 0 Å². The fourth-order valence-corrected chi connectivity index (χ4v) is 1.06. The predicted molar refractivity (Wildman–Crippen MR) is 38.8 cm³/mol. The van der Waals surface area contributed by atoms with Gasteiger partial charge >= 0.3 is 0 Å². The zero-order chi connectivity index (χ0) is 7.03. The summed E-state index contributed by atoms with van der Waals surface area (Å²) in [5, 5.41) is 0. The predicted octanol–water partition coefficient (Wildman–Crippen LogP) is 1.70. The molecular formula is C7H7ClN2. The van der Waals surface area contributed by atoms with Crippen molar-refractivity contribution in [3.8, 4) is 0 Å². The molecular weight excluding hydrogens is 148 g/mol. The number of nitrogens with zero attached hydrogens (tertiary/aromatic N) is 2. The molecule has 10 heavy (non-hydrogen) atoms. The Morgan fingerprint density at radius 1 is 1.30 bits per heavy atom. The zero-order valence-corrected chi connectivity index (χ0v) is 6.17. The lowest BCUT2D eigenvalue weighted by atomic mass is 10.4. The van der Waals surface area contributed by atoms with Gasteiger partial charge in [-0.2, -0.15) is 0 Å². The molecule has 1 aliphatic carbocycles. The van der Waals surface area contributed by atoms with Gasteiger partial charge in [0.1, 0.15) is 10.7 Å². The maximum Gasteiger partial charge on any atom is 0.149 e. The molecule has 0 bridgehead atoms. The van der Waals surface area contributed by atoms with Crippen LogP contribution in [0.15, 0.2) is 18.5 Å². The Bertz CT molecular complexity index is 231. The molecule has 0 aromatic carbocycles. The van der Waals surface area contributed by atoms with Crippen molar-refractivity contribution in [1.29, 1.82) is 0 Å². The largest absolute Gasteiger partial charge is 0.239 e. The summed E-state index contributed by atoms with van der Waals surface area (Å²) in [6.07, 6.45) is 5.48. The number of alkyl halides is 1. The van der Waals surface area contributed by atoms with E-state index in [4.69, 9.17) is 11.6 Å². The summed E-state index contributed by atoms with van der Waals surface area (Å²) < 4.78 is 0. The van der Waals surface area contributed by atoms with Crippen molar-refractivity contribution in [2.75, 3.05) is 0 Å². The molecule has 0 amide bonds. The summed E-state index contributed by atoms with van der Waals surface area (Å²) in [6, 6.07) is 1.80. The van der Waals surface area contributed by atoms with Crippen LogP contribution in [0.1, 0.15) is 18.7 Å². The van der Waals surface area contributed by atoms with Crippen molar-refractivity contribution in [3.05, 3.63) is 24.3 Å². The molecule has 0 spiro atoms. The first kappa shape index (κ1) is 6.10. The van der Waals surface area contributed by atoms with E-state index in [1.54, 1.807) is 18.5 Å². The van der Waals surface area contributed by atoms with Gasteiger partial charge in [-0.1, -0.05) is 0 Å². The van der Waals surface area contributed by atoms with Crippen molar-refractivity contribution in [2.24, 2.45) is 0 Å². The lowest BCUT2D eigenvalue weighted by Crippen LogP contribution is -2.01. The Morgan fingerprint density at radius 2 is 1.90 bits per heavy atom. The minimum Gasteiger partial charge on any atom is -0.239 e. The van der Waals surface area contributed by atoms with Crippen molar-refractivity contribution >= 4 is 11.6 Å². The number of hydrogen-bond donors (Lipinski definition) is 0. The molecule has 1 aromatic heterocycles. The summed E-state index contributed by atoms with van der Waals surface area (Å²) in [7, 11) is 0. The van der Waals surface area contributed by atoms with E-state index < -0.39 is 0 Å². The maximum atomic E-state index is 6.04. The molecule has 0 N–H and O–H groups in total. The highest BCUT2D eigenvalue weighted by Crippen LogP contribution is 2.50. The lowest BCUT2D eigenvalue weighted by molar-refractivity contribution is 0.861. The summed E-state index contributed by atoms with van der Waals surface area (Å²) in [5.41, 5.74) is 0. The van der Waals surface area contributed by atoms with E-state index >= 15 is 0 Å². The maximum absolute atomic E-state index is 6.04. The van der Waals surface area contributed by atoms with Crippen LogP contribution in [0.2, 0.25) is 0 Å².